The van der Waals surface area contributed by atoms with Crippen molar-refractivity contribution >= 4 is 0 Å². The number of aromatic nitrogens is 3. The molecule has 2 saturated heterocycles. The van der Waals surface area contributed by atoms with Crippen LogP contribution in [0.5, 0.6) is 0 Å². The lowest BCUT2D eigenvalue weighted by molar-refractivity contribution is 0.0824. The van der Waals surface area contributed by atoms with Crippen molar-refractivity contribution < 1.29 is 4.74 Å². The zero-order valence-corrected chi connectivity index (χ0v) is 9.43. The van der Waals surface area contributed by atoms with Crippen molar-refractivity contribution in [2.75, 3.05) is 26.3 Å². The number of hydrogen-bond acceptors (Lipinski definition) is 4. The fourth-order valence-electron chi connectivity index (χ4n) is 2.66. The Morgan fingerprint density at radius 1 is 1.31 bits per heavy atom. The van der Waals surface area contributed by atoms with Crippen LogP contribution in [-0.2, 0) is 4.74 Å². The first-order valence-corrected chi connectivity index (χ1v) is 6.13. The van der Waals surface area contributed by atoms with E-state index in [-0.39, 0.29) is 0 Å². The van der Waals surface area contributed by atoms with Gasteiger partial charge < -0.3 is 14.6 Å². The quantitative estimate of drug-likeness (QED) is 0.800. The van der Waals surface area contributed by atoms with Crippen molar-refractivity contribution in [1.82, 2.24) is 20.1 Å². The number of nitrogens with zero attached hydrogens (tertiary/aromatic N) is 3. The van der Waals surface area contributed by atoms with Gasteiger partial charge in [-0.2, -0.15) is 0 Å². The van der Waals surface area contributed by atoms with Gasteiger partial charge in [0.05, 0.1) is 0 Å². The molecule has 16 heavy (non-hydrogen) atoms. The Balaban J connectivity index is 1.80. The smallest absolute Gasteiger partial charge is 0.136 e. The Kier molecular flexibility index (Phi) is 2.88. The molecule has 1 N–H and O–H groups in total. The van der Waals surface area contributed by atoms with Gasteiger partial charge in [-0.1, -0.05) is 0 Å². The highest BCUT2D eigenvalue weighted by atomic mass is 16.5. The van der Waals surface area contributed by atoms with E-state index in [9.17, 15) is 0 Å². The van der Waals surface area contributed by atoms with Gasteiger partial charge in [0.25, 0.3) is 0 Å². The van der Waals surface area contributed by atoms with Crippen LogP contribution in [0.2, 0.25) is 0 Å². The maximum Gasteiger partial charge on any atom is 0.136 e. The highest BCUT2D eigenvalue weighted by molar-refractivity contribution is 5.00. The van der Waals surface area contributed by atoms with Gasteiger partial charge in [0.2, 0.25) is 0 Å². The van der Waals surface area contributed by atoms with Crippen molar-refractivity contribution in [3.05, 3.63) is 12.2 Å². The summed E-state index contributed by atoms with van der Waals surface area (Å²) in [4.78, 5) is 0. The summed E-state index contributed by atoms with van der Waals surface area (Å²) in [5, 5.41) is 11.8. The lowest BCUT2D eigenvalue weighted by Crippen LogP contribution is -2.21. The van der Waals surface area contributed by atoms with Gasteiger partial charge in [-0.15, -0.1) is 10.2 Å². The Bertz CT molecular complexity index is 340. The fourth-order valence-corrected chi connectivity index (χ4v) is 2.66. The van der Waals surface area contributed by atoms with Gasteiger partial charge in [-0.05, 0) is 25.8 Å². The van der Waals surface area contributed by atoms with E-state index in [1.807, 2.05) is 6.33 Å². The molecule has 88 valence electrons. The van der Waals surface area contributed by atoms with E-state index < -0.39 is 0 Å². The second-order valence-electron chi connectivity index (χ2n) is 4.63. The molecule has 0 aromatic carbocycles. The van der Waals surface area contributed by atoms with Gasteiger partial charge >= 0.3 is 0 Å². The first kappa shape index (κ1) is 10.2. The Hall–Kier alpha value is -0.940. The molecule has 3 heterocycles. The van der Waals surface area contributed by atoms with Crippen LogP contribution in [0, 0.1) is 0 Å². The molecular formula is C11H18N4O. The van der Waals surface area contributed by atoms with E-state index in [0.29, 0.717) is 12.0 Å². The summed E-state index contributed by atoms with van der Waals surface area (Å²) in [6.45, 7) is 3.88. The number of nitrogens with one attached hydrogen (secondary N) is 1. The largest absolute Gasteiger partial charge is 0.381 e. The fraction of sp³-hybridized carbons (Fsp3) is 0.818. The summed E-state index contributed by atoms with van der Waals surface area (Å²) >= 11 is 0. The zero-order valence-electron chi connectivity index (χ0n) is 9.43. The summed E-state index contributed by atoms with van der Waals surface area (Å²) in [5.74, 6) is 1.70. The Morgan fingerprint density at radius 2 is 2.19 bits per heavy atom. The number of ether oxygens (including phenoxy) is 1. The highest BCUT2D eigenvalue weighted by Crippen LogP contribution is 2.28. The van der Waals surface area contributed by atoms with E-state index in [0.717, 1.165) is 45.0 Å². The molecule has 5 nitrogen and oxygen atoms in total. The molecule has 3 rings (SSSR count). The zero-order chi connectivity index (χ0) is 10.8. The third kappa shape index (κ3) is 1.85. The molecular weight excluding hydrogens is 204 g/mol. The van der Waals surface area contributed by atoms with Crippen molar-refractivity contribution in [3.8, 4) is 0 Å². The minimum atomic E-state index is 0.539. The van der Waals surface area contributed by atoms with Gasteiger partial charge in [0.15, 0.2) is 0 Å². The van der Waals surface area contributed by atoms with Gasteiger partial charge in [-0.25, -0.2) is 0 Å². The molecule has 2 aliphatic heterocycles. The van der Waals surface area contributed by atoms with Crippen LogP contribution in [0.15, 0.2) is 6.33 Å². The molecule has 5 heteroatoms. The summed E-state index contributed by atoms with van der Waals surface area (Å²) < 4.78 is 7.67. The van der Waals surface area contributed by atoms with E-state index in [4.69, 9.17) is 4.74 Å². The summed E-state index contributed by atoms with van der Waals surface area (Å²) in [6.07, 6.45) is 5.24. The molecule has 0 amide bonds. The monoisotopic (exact) mass is 222 g/mol. The number of rotatable bonds is 2. The predicted molar refractivity (Wildman–Crippen MR) is 59.3 cm³/mol. The third-order valence-electron chi connectivity index (χ3n) is 3.61. The van der Waals surface area contributed by atoms with E-state index in [1.54, 1.807) is 0 Å². The average molecular weight is 222 g/mol. The lowest BCUT2D eigenvalue weighted by Gasteiger charge is -2.23. The SMILES string of the molecule is c1nnc(C2CCOCC2)n1C1CCNC1. The van der Waals surface area contributed by atoms with E-state index in [2.05, 4.69) is 20.1 Å². The van der Waals surface area contributed by atoms with Crippen molar-refractivity contribution in [2.24, 2.45) is 0 Å². The summed E-state index contributed by atoms with van der Waals surface area (Å²) in [5.41, 5.74) is 0. The van der Waals surface area contributed by atoms with Crippen LogP contribution < -0.4 is 5.32 Å². The summed E-state index contributed by atoms with van der Waals surface area (Å²) in [6, 6.07) is 0.549. The van der Waals surface area contributed by atoms with Gasteiger partial charge in [0, 0.05) is 31.7 Å². The molecule has 2 aliphatic rings. The first-order valence-electron chi connectivity index (χ1n) is 6.13. The minimum absolute atomic E-state index is 0.539. The maximum atomic E-state index is 5.39. The molecule has 1 atom stereocenters. The topological polar surface area (TPSA) is 52.0 Å². The Labute approximate surface area is 95.2 Å². The highest BCUT2D eigenvalue weighted by Gasteiger charge is 2.25. The molecule has 0 saturated carbocycles. The molecule has 0 spiro atoms. The predicted octanol–water partition coefficient (Wildman–Crippen LogP) is 0.706. The van der Waals surface area contributed by atoms with Crippen molar-refractivity contribution in [2.45, 2.75) is 31.2 Å². The van der Waals surface area contributed by atoms with Crippen LogP contribution in [0.4, 0.5) is 0 Å². The third-order valence-corrected chi connectivity index (χ3v) is 3.61. The molecule has 2 fully saturated rings. The lowest BCUT2D eigenvalue weighted by atomic mass is 9.99. The second-order valence-corrected chi connectivity index (χ2v) is 4.63. The van der Waals surface area contributed by atoms with Crippen LogP contribution in [0.3, 0.4) is 0 Å². The second kappa shape index (κ2) is 4.51. The van der Waals surface area contributed by atoms with Gasteiger partial charge in [0.1, 0.15) is 12.2 Å². The molecule has 0 radical (unpaired) electrons. The molecule has 0 aliphatic carbocycles. The average Bonchev–Trinajstić information content (AvgIpc) is 3.01. The van der Waals surface area contributed by atoms with Crippen LogP contribution in [0.1, 0.15) is 37.0 Å². The molecule has 1 aromatic rings. The van der Waals surface area contributed by atoms with E-state index >= 15 is 0 Å². The van der Waals surface area contributed by atoms with Crippen LogP contribution in [-0.4, -0.2) is 41.1 Å². The summed E-state index contributed by atoms with van der Waals surface area (Å²) in [7, 11) is 0. The number of hydrogen-bond donors (Lipinski definition) is 1. The van der Waals surface area contributed by atoms with E-state index in [1.165, 1.54) is 6.42 Å². The minimum Gasteiger partial charge on any atom is -0.381 e. The molecule has 1 unspecified atom stereocenters. The van der Waals surface area contributed by atoms with Crippen LogP contribution in [0.25, 0.3) is 0 Å². The van der Waals surface area contributed by atoms with Crippen molar-refractivity contribution in [1.29, 1.82) is 0 Å². The normalized spacial score (nSPS) is 27.4. The maximum absolute atomic E-state index is 5.39. The Morgan fingerprint density at radius 3 is 2.94 bits per heavy atom. The molecule has 1 aromatic heterocycles. The standard InChI is InChI=1S/C11H18N4O/c1-4-12-7-10(1)15-8-13-14-11(15)9-2-5-16-6-3-9/h8-10,12H,1-7H2. The van der Waals surface area contributed by atoms with Crippen LogP contribution >= 0.6 is 0 Å². The first-order chi connectivity index (χ1) is 7.95. The van der Waals surface area contributed by atoms with Crippen molar-refractivity contribution in [3.63, 3.8) is 0 Å². The molecule has 0 bridgehead atoms. The van der Waals surface area contributed by atoms with Gasteiger partial charge in [-0.3, -0.25) is 0 Å².